The van der Waals surface area contributed by atoms with Crippen molar-refractivity contribution in [2.45, 2.75) is 0 Å². The van der Waals surface area contributed by atoms with E-state index in [4.69, 9.17) is 0 Å². The van der Waals surface area contributed by atoms with Crippen LogP contribution in [0.4, 0.5) is 5.82 Å². The van der Waals surface area contributed by atoms with Crippen molar-refractivity contribution in [3.63, 3.8) is 0 Å². The Balaban J connectivity index is 1.45. The summed E-state index contributed by atoms with van der Waals surface area (Å²) in [5.74, 6) is 1.36. The van der Waals surface area contributed by atoms with Crippen LogP contribution in [0.1, 0.15) is 10.4 Å². The monoisotopic (exact) mass is 433 g/mol. The van der Waals surface area contributed by atoms with Crippen LogP contribution >= 0.6 is 22.6 Å². The molecule has 2 aromatic heterocycles. The smallest absolute Gasteiger partial charge is 0.251 e. The highest BCUT2D eigenvalue weighted by molar-refractivity contribution is 14.1. The molecule has 3 aromatic rings. The van der Waals surface area contributed by atoms with E-state index in [-0.39, 0.29) is 5.91 Å². The third-order valence-electron chi connectivity index (χ3n) is 3.34. The van der Waals surface area contributed by atoms with E-state index in [1.807, 2.05) is 65.5 Å². The number of aromatic nitrogens is 3. The fraction of sp³-hybridized carbons (Fsp3) is 0.118. The highest BCUT2D eigenvalue weighted by atomic mass is 127. The van der Waals surface area contributed by atoms with Crippen LogP contribution in [0.25, 0.3) is 5.82 Å². The number of nitrogens with one attached hydrogen (secondary N) is 2. The number of nitrogens with zero attached hydrogens (tertiary/aromatic N) is 3. The lowest BCUT2D eigenvalue weighted by Crippen LogP contribution is -2.28. The number of carbonyl (C=O) groups excluding carboxylic acids is 1. The number of benzene rings is 1. The van der Waals surface area contributed by atoms with Gasteiger partial charge in [-0.2, -0.15) is 0 Å². The summed E-state index contributed by atoms with van der Waals surface area (Å²) in [5, 5.41) is 14.3. The Morgan fingerprint density at radius 2 is 1.75 bits per heavy atom. The summed E-state index contributed by atoms with van der Waals surface area (Å²) in [6.07, 6.45) is 3.83. The topological polar surface area (TPSA) is 71.8 Å². The maximum Gasteiger partial charge on any atom is 0.251 e. The highest BCUT2D eigenvalue weighted by Crippen LogP contribution is 2.07. The Bertz CT molecular complexity index is 785. The molecule has 2 N–H and O–H groups in total. The molecule has 3 rings (SSSR count). The summed E-state index contributed by atoms with van der Waals surface area (Å²) in [5.41, 5.74) is 0.659. The van der Waals surface area contributed by atoms with E-state index in [0.717, 1.165) is 9.39 Å². The lowest BCUT2D eigenvalue weighted by molar-refractivity contribution is 0.0955. The molecule has 0 saturated carbocycles. The van der Waals surface area contributed by atoms with Crippen molar-refractivity contribution in [2.24, 2.45) is 0 Å². The van der Waals surface area contributed by atoms with E-state index < -0.39 is 0 Å². The minimum Gasteiger partial charge on any atom is -0.367 e. The summed E-state index contributed by atoms with van der Waals surface area (Å²) < 4.78 is 2.99. The molecule has 122 valence electrons. The molecule has 0 fully saturated rings. The van der Waals surface area contributed by atoms with Crippen molar-refractivity contribution >= 4 is 34.3 Å². The Kier molecular flexibility index (Phi) is 5.42. The van der Waals surface area contributed by atoms with Gasteiger partial charge in [-0.15, -0.1) is 10.2 Å². The largest absolute Gasteiger partial charge is 0.367 e. The third-order valence-corrected chi connectivity index (χ3v) is 4.06. The highest BCUT2D eigenvalue weighted by Gasteiger charge is 2.04. The van der Waals surface area contributed by atoms with E-state index in [1.165, 1.54) is 0 Å². The molecule has 0 unspecified atom stereocenters. The molecule has 0 aliphatic carbocycles. The quantitative estimate of drug-likeness (QED) is 0.464. The van der Waals surface area contributed by atoms with Crippen molar-refractivity contribution in [3.8, 4) is 5.82 Å². The fourth-order valence-electron chi connectivity index (χ4n) is 2.11. The van der Waals surface area contributed by atoms with Gasteiger partial charge >= 0.3 is 0 Å². The maximum atomic E-state index is 12.0. The van der Waals surface area contributed by atoms with Gasteiger partial charge in [0, 0.05) is 34.6 Å². The summed E-state index contributed by atoms with van der Waals surface area (Å²) in [7, 11) is 0. The molecule has 1 aromatic carbocycles. The van der Waals surface area contributed by atoms with Crippen molar-refractivity contribution in [1.82, 2.24) is 20.1 Å². The average molecular weight is 433 g/mol. The first-order valence-corrected chi connectivity index (χ1v) is 8.55. The molecule has 0 aliphatic rings. The van der Waals surface area contributed by atoms with Gasteiger partial charge in [0.15, 0.2) is 5.82 Å². The van der Waals surface area contributed by atoms with Gasteiger partial charge < -0.3 is 15.2 Å². The predicted molar refractivity (Wildman–Crippen MR) is 101 cm³/mol. The number of hydrogen-bond acceptors (Lipinski definition) is 4. The van der Waals surface area contributed by atoms with Gasteiger partial charge in [-0.3, -0.25) is 4.79 Å². The molecular formula is C17H16IN5O. The fourth-order valence-corrected chi connectivity index (χ4v) is 2.47. The Labute approximate surface area is 153 Å². The number of rotatable bonds is 6. The lowest BCUT2D eigenvalue weighted by Gasteiger charge is -2.08. The second kappa shape index (κ2) is 7.91. The second-order valence-electron chi connectivity index (χ2n) is 5.06. The van der Waals surface area contributed by atoms with Gasteiger partial charge in [0.05, 0.1) is 0 Å². The zero-order valence-corrected chi connectivity index (χ0v) is 15.0. The SMILES string of the molecule is O=C(NCCNc1ccc(-n2cccc2)nn1)c1ccc(I)cc1. The van der Waals surface area contributed by atoms with Crippen LogP contribution in [0.3, 0.4) is 0 Å². The number of amides is 1. The number of carbonyl (C=O) groups is 1. The molecule has 0 atom stereocenters. The first-order valence-electron chi connectivity index (χ1n) is 7.47. The van der Waals surface area contributed by atoms with Gasteiger partial charge in [-0.05, 0) is 71.1 Å². The minimum absolute atomic E-state index is 0.0813. The number of hydrogen-bond donors (Lipinski definition) is 2. The van der Waals surface area contributed by atoms with E-state index >= 15 is 0 Å². The van der Waals surface area contributed by atoms with Crippen LogP contribution in [-0.2, 0) is 0 Å². The van der Waals surface area contributed by atoms with E-state index in [0.29, 0.717) is 24.5 Å². The normalized spacial score (nSPS) is 10.4. The Morgan fingerprint density at radius 1 is 1.00 bits per heavy atom. The predicted octanol–water partition coefficient (Wildman–Crippen LogP) is 2.71. The zero-order valence-electron chi connectivity index (χ0n) is 12.8. The lowest BCUT2D eigenvalue weighted by atomic mass is 10.2. The van der Waals surface area contributed by atoms with Crippen LogP contribution in [0, 0.1) is 3.57 Å². The standard InChI is InChI=1S/C17H16IN5O/c18-14-5-3-13(4-6-14)17(24)20-10-9-19-15-7-8-16(22-21-15)23-11-1-2-12-23/h1-8,11-12H,9-10H2,(H,19,21)(H,20,24). The molecule has 0 saturated heterocycles. The van der Waals surface area contributed by atoms with Crippen LogP contribution in [0.2, 0.25) is 0 Å². The average Bonchev–Trinajstić information content (AvgIpc) is 3.14. The van der Waals surface area contributed by atoms with Crippen LogP contribution in [0.5, 0.6) is 0 Å². The van der Waals surface area contributed by atoms with E-state index in [9.17, 15) is 4.79 Å². The molecule has 2 heterocycles. The maximum absolute atomic E-state index is 12.0. The summed E-state index contributed by atoms with van der Waals surface area (Å²) in [4.78, 5) is 12.0. The molecule has 0 aliphatic heterocycles. The van der Waals surface area contributed by atoms with Gasteiger partial charge in [0.2, 0.25) is 0 Å². The first-order chi connectivity index (χ1) is 11.7. The molecule has 6 nitrogen and oxygen atoms in total. The molecule has 0 radical (unpaired) electrons. The zero-order chi connectivity index (χ0) is 16.8. The van der Waals surface area contributed by atoms with Crippen molar-refractivity contribution in [3.05, 3.63) is 70.1 Å². The van der Waals surface area contributed by atoms with E-state index in [1.54, 1.807) is 0 Å². The minimum atomic E-state index is -0.0813. The van der Waals surface area contributed by atoms with Crippen molar-refractivity contribution < 1.29 is 4.79 Å². The van der Waals surface area contributed by atoms with Crippen molar-refractivity contribution in [1.29, 1.82) is 0 Å². The molecular weight excluding hydrogens is 417 g/mol. The van der Waals surface area contributed by atoms with Gasteiger partial charge in [-0.1, -0.05) is 0 Å². The molecule has 7 heteroatoms. The van der Waals surface area contributed by atoms with Gasteiger partial charge in [-0.25, -0.2) is 0 Å². The molecule has 0 spiro atoms. The Morgan fingerprint density at radius 3 is 2.42 bits per heavy atom. The molecule has 24 heavy (non-hydrogen) atoms. The molecule has 1 amide bonds. The summed E-state index contributed by atoms with van der Waals surface area (Å²) in [6, 6.07) is 15.1. The second-order valence-corrected chi connectivity index (χ2v) is 6.30. The summed E-state index contributed by atoms with van der Waals surface area (Å²) in [6.45, 7) is 1.08. The third kappa shape index (κ3) is 4.31. The van der Waals surface area contributed by atoms with Crippen LogP contribution < -0.4 is 10.6 Å². The van der Waals surface area contributed by atoms with Gasteiger partial charge in [0.1, 0.15) is 5.82 Å². The van der Waals surface area contributed by atoms with Gasteiger partial charge in [0.25, 0.3) is 5.91 Å². The van der Waals surface area contributed by atoms with Crippen molar-refractivity contribution in [2.75, 3.05) is 18.4 Å². The number of anilines is 1. The summed E-state index contributed by atoms with van der Waals surface area (Å²) >= 11 is 2.21. The van der Waals surface area contributed by atoms with E-state index in [2.05, 4.69) is 43.4 Å². The molecule has 0 bridgehead atoms. The number of halogens is 1. The Hall–Kier alpha value is -2.42. The van der Waals surface area contributed by atoms with Crippen LogP contribution in [0.15, 0.2) is 60.9 Å². The first kappa shape index (κ1) is 16.4. The van der Waals surface area contributed by atoms with Crippen LogP contribution in [-0.4, -0.2) is 33.8 Å².